The lowest BCUT2D eigenvalue weighted by Crippen LogP contribution is -2.27. The smallest absolute Gasteiger partial charge is 0.240 e. The highest BCUT2D eigenvalue weighted by Gasteiger charge is 2.18. The van der Waals surface area contributed by atoms with Gasteiger partial charge in [-0.3, -0.25) is 4.98 Å². The number of benzene rings is 1. The van der Waals surface area contributed by atoms with Crippen LogP contribution in [0.15, 0.2) is 41.6 Å². The van der Waals surface area contributed by atoms with Gasteiger partial charge in [0.25, 0.3) is 0 Å². The number of aromatic nitrogens is 1. The van der Waals surface area contributed by atoms with E-state index in [0.717, 1.165) is 16.7 Å². The number of nitrogens with zero attached hydrogens (tertiary/aromatic N) is 1. The molecule has 0 bridgehead atoms. The van der Waals surface area contributed by atoms with Crippen LogP contribution in [0.2, 0.25) is 0 Å². The molecule has 0 saturated carbocycles. The fraction of sp³-hybridized carbons (Fsp3) is 0.267. The number of sulfonamides is 1. The average molecular weight is 305 g/mol. The van der Waals surface area contributed by atoms with E-state index in [1.54, 1.807) is 25.4 Å². The van der Waals surface area contributed by atoms with Crippen molar-refractivity contribution in [1.29, 1.82) is 0 Å². The van der Waals surface area contributed by atoms with Crippen LogP contribution < -0.4 is 10.5 Å². The first-order valence-electron chi connectivity index (χ1n) is 6.65. The second-order valence-electron chi connectivity index (χ2n) is 4.96. The molecule has 0 aliphatic heterocycles. The highest BCUT2D eigenvalue weighted by Crippen LogP contribution is 2.22. The van der Waals surface area contributed by atoms with Crippen LogP contribution in [0.5, 0.6) is 0 Å². The van der Waals surface area contributed by atoms with Gasteiger partial charge in [0.05, 0.1) is 4.90 Å². The van der Waals surface area contributed by atoms with Crippen LogP contribution in [0.4, 0.5) is 5.69 Å². The Hall–Kier alpha value is -1.92. The van der Waals surface area contributed by atoms with Crippen molar-refractivity contribution in [2.45, 2.75) is 25.2 Å². The molecule has 3 N–H and O–H groups in total. The number of nitrogens with one attached hydrogen (secondary N) is 1. The van der Waals surface area contributed by atoms with Gasteiger partial charge in [-0.2, -0.15) is 0 Å². The van der Waals surface area contributed by atoms with Gasteiger partial charge in [-0.15, -0.1) is 0 Å². The van der Waals surface area contributed by atoms with Gasteiger partial charge in [0, 0.05) is 24.6 Å². The molecule has 112 valence electrons. The number of anilines is 1. The molecule has 2 aromatic rings. The quantitative estimate of drug-likeness (QED) is 0.825. The SMILES string of the molecule is Cc1cc(N)cc(S(=O)(=O)NCCc2ccncc2)c1C. The summed E-state index contributed by atoms with van der Waals surface area (Å²) in [6, 6.07) is 7.00. The third-order valence-corrected chi connectivity index (χ3v) is 4.97. The zero-order valence-electron chi connectivity index (χ0n) is 12.1. The minimum absolute atomic E-state index is 0.245. The number of hydrogen-bond donors (Lipinski definition) is 2. The monoisotopic (exact) mass is 305 g/mol. The van der Waals surface area contributed by atoms with Gasteiger partial charge in [0.1, 0.15) is 0 Å². The summed E-state index contributed by atoms with van der Waals surface area (Å²) in [5.74, 6) is 0. The molecule has 0 fully saturated rings. The van der Waals surface area contributed by atoms with E-state index in [9.17, 15) is 8.42 Å². The van der Waals surface area contributed by atoms with Gasteiger partial charge in [0.2, 0.25) is 10.0 Å². The van der Waals surface area contributed by atoms with Crippen molar-refractivity contribution >= 4 is 15.7 Å². The van der Waals surface area contributed by atoms with Crippen LogP contribution in [0.3, 0.4) is 0 Å². The standard InChI is InChI=1S/C15H19N3O2S/c1-11-9-14(16)10-15(12(11)2)21(19,20)18-8-5-13-3-6-17-7-4-13/h3-4,6-7,9-10,18H,5,8,16H2,1-2H3. The molecule has 0 unspecified atom stereocenters. The maximum atomic E-state index is 12.4. The molecule has 0 aliphatic carbocycles. The maximum Gasteiger partial charge on any atom is 0.240 e. The van der Waals surface area contributed by atoms with E-state index < -0.39 is 10.0 Å². The summed E-state index contributed by atoms with van der Waals surface area (Å²) in [7, 11) is -3.55. The van der Waals surface area contributed by atoms with Gasteiger partial charge >= 0.3 is 0 Å². The molecule has 5 nitrogen and oxygen atoms in total. The summed E-state index contributed by atoms with van der Waals surface area (Å²) >= 11 is 0. The molecule has 6 heteroatoms. The normalized spacial score (nSPS) is 11.5. The number of hydrogen-bond acceptors (Lipinski definition) is 4. The molecule has 21 heavy (non-hydrogen) atoms. The molecule has 0 atom stereocenters. The second-order valence-corrected chi connectivity index (χ2v) is 6.70. The van der Waals surface area contributed by atoms with Crippen molar-refractivity contribution in [2.24, 2.45) is 0 Å². The number of rotatable bonds is 5. The number of nitrogens with two attached hydrogens (primary N) is 1. The average Bonchev–Trinajstić information content (AvgIpc) is 2.43. The van der Waals surface area contributed by atoms with E-state index in [2.05, 4.69) is 9.71 Å². The molecule has 2 rings (SSSR count). The van der Waals surface area contributed by atoms with Gasteiger partial charge in [-0.05, 0) is 61.2 Å². The summed E-state index contributed by atoms with van der Waals surface area (Å²) in [5, 5.41) is 0. The lowest BCUT2D eigenvalue weighted by Gasteiger charge is -2.12. The molecule has 1 aromatic carbocycles. The van der Waals surface area contributed by atoms with Crippen LogP contribution >= 0.6 is 0 Å². The Morgan fingerprint density at radius 2 is 1.86 bits per heavy atom. The molecule has 1 heterocycles. The van der Waals surface area contributed by atoms with Crippen molar-refractivity contribution in [3.05, 3.63) is 53.3 Å². The zero-order chi connectivity index (χ0) is 15.5. The van der Waals surface area contributed by atoms with E-state index in [0.29, 0.717) is 18.7 Å². The largest absolute Gasteiger partial charge is 0.399 e. The van der Waals surface area contributed by atoms with Crippen LogP contribution in [0.1, 0.15) is 16.7 Å². The fourth-order valence-corrected chi connectivity index (χ4v) is 3.47. The van der Waals surface area contributed by atoms with Gasteiger partial charge in [0.15, 0.2) is 0 Å². The van der Waals surface area contributed by atoms with Crippen LogP contribution in [0, 0.1) is 13.8 Å². The lowest BCUT2D eigenvalue weighted by molar-refractivity contribution is 0.581. The van der Waals surface area contributed by atoms with E-state index in [-0.39, 0.29) is 4.90 Å². The van der Waals surface area contributed by atoms with E-state index in [4.69, 9.17) is 5.73 Å². The molecular formula is C15H19N3O2S. The summed E-state index contributed by atoms with van der Waals surface area (Å²) in [6.07, 6.45) is 3.99. The first-order valence-corrected chi connectivity index (χ1v) is 8.14. The second kappa shape index (κ2) is 6.24. The van der Waals surface area contributed by atoms with Crippen molar-refractivity contribution in [1.82, 2.24) is 9.71 Å². The van der Waals surface area contributed by atoms with Crippen LogP contribution in [0.25, 0.3) is 0 Å². The predicted molar refractivity (Wildman–Crippen MR) is 83.5 cm³/mol. The number of aryl methyl sites for hydroxylation is 1. The Balaban J connectivity index is 2.12. The molecule has 0 saturated heterocycles. The van der Waals surface area contributed by atoms with Crippen molar-refractivity contribution < 1.29 is 8.42 Å². The Morgan fingerprint density at radius 1 is 1.19 bits per heavy atom. The first kappa shape index (κ1) is 15.5. The fourth-order valence-electron chi connectivity index (χ4n) is 2.09. The summed E-state index contributed by atoms with van der Waals surface area (Å²) in [4.78, 5) is 4.17. The molecule has 0 aliphatic rings. The summed E-state index contributed by atoms with van der Waals surface area (Å²) in [6.45, 7) is 3.97. The summed E-state index contributed by atoms with van der Waals surface area (Å²) < 4.78 is 27.4. The number of pyridine rings is 1. The van der Waals surface area contributed by atoms with Crippen LogP contribution in [-0.2, 0) is 16.4 Å². The molecular weight excluding hydrogens is 286 g/mol. The first-order chi connectivity index (χ1) is 9.90. The van der Waals surface area contributed by atoms with Crippen molar-refractivity contribution in [2.75, 3.05) is 12.3 Å². The van der Waals surface area contributed by atoms with Crippen LogP contribution in [-0.4, -0.2) is 19.9 Å². The zero-order valence-corrected chi connectivity index (χ0v) is 12.9. The van der Waals surface area contributed by atoms with E-state index in [1.165, 1.54) is 6.07 Å². The predicted octanol–water partition coefficient (Wildman–Crippen LogP) is 1.80. The third kappa shape index (κ3) is 3.80. The molecule has 0 radical (unpaired) electrons. The highest BCUT2D eigenvalue weighted by molar-refractivity contribution is 7.89. The Morgan fingerprint density at radius 3 is 2.52 bits per heavy atom. The maximum absolute atomic E-state index is 12.4. The molecule has 1 aromatic heterocycles. The van der Waals surface area contributed by atoms with Gasteiger partial charge in [-0.1, -0.05) is 0 Å². The van der Waals surface area contributed by atoms with Crippen molar-refractivity contribution in [3.8, 4) is 0 Å². The Kier molecular flexibility index (Phi) is 4.59. The number of nitrogen functional groups attached to an aromatic ring is 1. The Labute approximate surface area is 125 Å². The topological polar surface area (TPSA) is 85.1 Å². The minimum Gasteiger partial charge on any atom is -0.399 e. The van der Waals surface area contributed by atoms with Crippen molar-refractivity contribution in [3.63, 3.8) is 0 Å². The van der Waals surface area contributed by atoms with Gasteiger partial charge < -0.3 is 5.73 Å². The summed E-state index contributed by atoms with van der Waals surface area (Å²) in [5.41, 5.74) is 8.82. The Bertz CT molecular complexity index is 728. The molecule has 0 spiro atoms. The van der Waals surface area contributed by atoms with Gasteiger partial charge in [-0.25, -0.2) is 13.1 Å². The van der Waals surface area contributed by atoms with E-state index >= 15 is 0 Å². The lowest BCUT2D eigenvalue weighted by atomic mass is 10.1. The highest BCUT2D eigenvalue weighted by atomic mass is 32.2. The third-order valence-electron chi connectivity index (χ3n) is 3.39. The minimum atomic E-state index is -3.55. The molecule has 0 amide bonds. The van der Waals surface area contributed by atoms with E-state index in [1.807, 2.05) is 19.1 Å².